The van der Waals surface area contributed by atoms with Crippen LogP contribution in [0.1, 0.15) is 51.1 Å². The van der Waals surface area contributed by atoms with E-state index < -0.39 is 10.2 Å². The molecule has 0 spiro atoms. The molecule has 0 radical (unpaired) electrons. The highest BCUT2D eigenvalue weighted by Gasteiger charge is 2.26. The van der Waals surface area contributed by atoms with Crippen LogP contribution in [0.5, 0.6) is 0 Å². The Hall–Kier alpha value is -0.660. The van der Waals surface area contributed by atoms with Gasteiger partial charge in [-0.05, 0) is 37.6 Å². The van der Waals surface area contributed by atoms with Crippen molar-refractivity contribution in [2.75, 3.05) is 32.7 Å². The summed E-state index contributed by atoms with van der Waals surface area (Å²) in [5, 5.41) is 0.674. The predicted molar refractivity (Wildman–Crippen MR) is 104 cm³/mol. The van der Waals surface area contributed by atoms with E-state index in [1.54, 1.807) is 4.31 Å². The van der Waals surface area contributed by atoms with Crippen LogP contribution in [0.3, 0.4) is 0 Å². The van der Waals surface area contributed by atoms with E-state index in [1.165, 1.54) is 0 Å². The predicted octanol–water partition coefficient (Wildman–Crippen LogP) is 3.43. The van der Waals surface area contributed by atoms with Gasteiger partial charge in [-0.1, -0.05) is 56.5 Å². The zero-order valence-corrected chi connectivity index (χ0v) is 16.8. The maximum atomic E-state index is 12.7. The lowest BCUT2D eigenvalue weighted by atomic mass is 10.1. The van der Waals surface area contributed by atoms with Crippen molar-refractivity contribution >= 4 is 21.8 Å². The number of nitrogens with one attached hydrogen (secondary N) is 1. The van der Waals surface area contributed by atoms with Crippen molar-refractivity contribution in [2.24, 2.45) is 0 Å². The molecule has 1 aliphatic rings. The Balaban J connectivity index is 2.15. The lowest BCUT2D eigenvalue weighted by Gasteiger charge is -2.31. The molecular weight excluding hydrogens is 358 g/mol. The lowest BCUT2D eigenvalue weighted by molar-refractivity contribution is 0.219. The fourth-order valence-electron chi connectivity index (χ4n) is 3.40. The van der Waals surface area contributed by atoms with E-state index in [0.717, 1.165) is 44.3 Å². The van der Waals surface area contributed by atoms with Crippen molar-refractivity contribution < 1.29 is 8.42 Å². The minimum absolute atomic E-state index is 0.0783. The van der Waals surface area contributed by atoms with Crippen LogP contribution in [-0.4, -0.2) is 50.3 Å². The van der Waals surface area contributed by atoms with Crippen molar-refractivity contribution in [2.45, 2.75) is 45.6 Å². The van der Waals surface area contributed by atoms with E-state index in [1.807, 2.05) is 24.3 Å². The SMILES string of the molecule is CCN(CC)[C@@H](CNS(=O)(=O)N1CCCCCC1)c1ccccc1Cl. The molecule has 0 aromatic heterocycles. The maximum absolute atomic E-state index is 12.7. The van der Waals surface area contributed by atoms with Gasteiger partial charge in [0, 0.05) is 30.7 Å². The first kappa shape index (κ1) is 20.6. The van der Waals surface area contributed by atoms with Crippen LogP contribution < -0.4 is 4.72 Å². The van der Waals surface area contributed by atoms with Crippen molar-refractivity contribution in [1.82, 2.24) is 13.9 Å². The fourth-order valence-corrected chi connectivity index (χ4v) is 4.95. The van der Waals surface area contributed by atoms with Crippen LogP contribution in [-0.2, 0) is 10.2 Å². The van der Waals surface area contributed by atoms with Crippen LogP contribution in [0.25, 0.3) is 0 Å². The van der Waals surface area contributed by atoms with E-state index in [9.17, 15) is 8.42 Å². The van der Waals surface area contributed by atoms with Gasteiger partial charge in [-0.25, -0.2) is 4.72 Å². The third-order valence-corrected chi connectivity index (χ3v) is 6.80. The number of benzene rings is 1. The van der Waals surface area contributed by atoms with Gasteiger partial charge in [-0.2, -0.15) is 12.7 Å². The first-order chi connectivity index (χ1) is 12.0. The highest BCUT2D eigenvalue weighted by Crippen LogP contribution is 2.27. The number of hydrogen-bond acceptors (Lipinski definition) is 3. The van der Waals surface area contributed by atoms with Crippen molar-refractivity contribution in [1.29, 1.82) is 0 Å². The number of nitrogens with zero attached hydrogens (tertiary/aromatic N) is 2. The summed E-state index contributed by atoms with van der Waals surface area (Å²) in [4.78, 5) is 2.23. The first-order valence-corrected chi connectivity index (χ1v) is 11.0. The molecule has 0 bridgehead atoms. The second-order valence-corrected chi connectivity index (χ2v) is 8.59. The van der Waals surface area contributed by atoms with Crippen LogP contribution in [0, 0.1) is 0 Å². The molecule has 1 aromatic rings. The molecule has 0 aliphatic carbocycles. The summed E-state index contributed by atoms with van der Waals surface area (Å²) in [7, 11) is -3.46. The maximum Gasteiger partial charge on any atom is 0.279 e. The van der Waals surface area contributed by atoms with Crippen LogP contribution in [0.4, 0.5) is 0 Å². The van der Waals surface area contributed by atoms with Crippen LogP contribution >= 0.6 is 11.6 Å². The molecule has 1 heterocycles. The third-order valence-electron chi connectivity index (χ3n) is 4.88. The Morgan fingerprint density at radius 1 is 1.12 bits per heavy atom. The Kier molecular flexibility index (Phi) is 8.16. The molecular formula is C18H30ClN3O2S. The molecule has 1 atom stereocenters. The summed E-state index contributed by atoms with van der Waals surface area (Å²) in [6, 6.07) is 7.60. The van der Waals surface area contributed by atoms with Gasteiger partial charge in [0.15, 0.2) is 0 Å². The summed E-state index contributed by atoms with van der Waals surface area (Å²) >= 11 is 6.38. The second-order valence-electron chi connectivity index (χ2n) is 6.43. The second kappa shape index (κ2) is 9.88. The van der Waals surface area contributed by atoms with E-state index in [2.05, 4.69) is 23.5 Å². The van der Waals surface area contributed by atoms with E-state index in [-0.39, 0.29) is 6.04 Å². The molecule has 1 fully saturated rings. The minimum atomic E-state index is -3.46. The minimum Gasteiger partial charge on any atom is -0.296 e. The van der Waals surface area contributed by atoms with Gasteiger partial charge in [0.25, 0.3) is 10.2 Å². The van der Waals surface area contributed by atoms with Gasteiger partial charge in [0.05, 0.1) is 0 Å². The summed E-state index contributed by atoms with van der Waals surface area (Å²) in [6.07, 6.45) is 4.08. The monoisotopic (exact) mass is 387 g/mol. The Morgan fingerprint density at radius 2 is 1.72 bits per heavy atom. The molecule has 142 valence electrons. The largest absolute Gasteiger partial charge is 0.296 e. The molecule has 1 saturated heterocycles. The average molecular weight is 388 g/mol. The molecule has 0 amide bonds. The van der Waals surface area contributed by atoms with Gasteiger partial charge in [0.2, 0.25) is 0 Å². The van der Waals surface area contributed by atoms with Gasteiger partial charge in [-0.3, -0.25) is 4.90 Å². The molecule has 0 saturated carbocycles. The third kappa shape index (κ3) is 5.66. The highest BCUT2D eigenvalue weighted by atomic mass is 35.5. The molecule has 5 nitrogen and oxygen atoms in total. The summed E-state index contributed by atoms with van der Waals surface area (Å²) in [5.41, 5.74) is 0.964. The molecule has 1 aliphatic heterocycles. The number of likely N-dealkylation sites (N-methyl/N-ethyl adjacent to an activating group) is 1. The molecule has 1 N–H and O–H groups in total. The van der Waals surface area contributed by atoms with Crippen LogP contribution in [0.15, 0.2) is 24.3 Å². The van der Waals surface area contributed by atoms with Crippen molar-refractivity contribution in [3.8, 4) is 0 Å². The molecule has 1 aromatic carbocycles. The summed E-state index contributed by atoms with van der Waals surface area (Å²) in [5.74, 6) is 0. The Bertz CT molecular complexity index is 627. The first-order valence-electron chi connectivity index (χ1n) is 9.22. The van der Waals surface area contributed by atoms with Crippen molar-refractivity contribution in [3.05, 3.63) is 34.9 Å². The van der Waals surface area contributed by atoms with Crippen molar-refractivity contribution in [3.63, 3.8) is 0 Å². The zero-order chi connectivity index (χ0) is 18.3. The number of hydrogen-bond donors (Lipinski definition) is 1. The normalized spacial score (nSPS) is 18.2. The average Bonchev–Trinajstić information content (AvgIpc) is 2.89. The smallest absolute Gasteiger partial charge is 0.279 e. The topological polar surface area (TPSA) is 52.7 Å². The molecule has 7 heteroatoms. The molecule has 0 unspecified atom stereocenters. The highest BCUT2D eigenvalue weighted by molar-refractivity contribution is 7.87. The van der Waals surface area contributed by atoms with Crippen LogP contribution in [0.2, 0.25) is 5.02 Å². The van der Waals surface area contributed by atoms with E-state index >= 15 is 0 Å². The molecule has 25 heavy (non-hydrogen) atoms. The van der Waals surface area contributed by atoms with Gasteiger partial charge in [0.1, 0.15) is 0 Å². The van der Waals surface area contributed by atoms with E-state index in [0.29, 0.717) is 24.7 Å². The van der Waals surface area contributed by atoms with Gasteiger partial charge in [-0.15, -0.1) is 0 Å². The van der Waals surface area contributed by atoms with E-state index in [4.69, 9.17) is 11.6 Å². The number of halogens is 1. The summed E-state index contributed by atoms with van der Waals surface area (Å²) in [6.45, 7) is 7.36. The fraction of sp³-hybridized carbons (Fsp3) is 0.667. The van der Waals surface area contributed by atoms with Gasteiger partial charge >= 0.3 is 0 Å². The number of rotatable bonds is 8. The standard InChI is InChI=1S/C18H30ClN3O2S/c1-3-21(4-2)18(16-11-7-8-12-17(16)19)15-20-25(23,24)22-13-9-5-6-10-14-22/h7-8,11-12,18,20H,3-6,9-10,13-15H2,1-2H3/t18-/m0/s1. The zero-order valence-electron chi connectivity index (χ0n) is 15.2. The lowest BCUT2D eigenvalue weighted by Crippen LogP contribution is -2.45. The quantitative estimate of drug-likeness (QED) is 0.743. The molecule has 2 rings (SSSR count). The Morgan fingerprint density at radius 3 is 2.28 bits per heavy atom. The summed E-state index contributed by atoms with van der Waals surface area (Å²) < 4.78 is 29.9. The Labute approximate surface area is 157 Å². The van der Waals surface area contributed by atoms with Gasteiger partial charge < -0.3 is 0 Å².